The number of benzene rings is 1. The molecule has 0 unspecified atom stereocenters. The lowest BCUT2D eigenvalue weighted by Crippen LogP contribution is -2.46. The summed E-state index contributed by atoms with van der Waals surface area (Å²) < 4.78 is 1.93. The Hall–Kier alpha value is -2.73. The first kappa shape index (κ1) is 15.8. The van der Waals surface area contributed by atoms with Gasteiger partial charge in [-0.1, -0.05) is 29.8 Å². The van der Waals surface area contributed by atoms with Crippen molar-refractivity contribution in [3.63, 3.8) is 0 Å². The molecule has 0 bridgehead atoms. The van der Waals surface area contributed by atoms with Gasteiger partial charge in [0, 0.05) is 38.8 Å². The maximum atomic E-state index is 12.7. The highest BCUT2D eigenvalue weighted by Crippen LogP contribution is 2.14. The second kappa shape index (κ2) is 6.64. The molecule has 25 heavy (non-hydrogen) atoms. The third-order valence-electron chi connectivity index (χ3n) is 4.61. The maximum absolute atomic E-state index is 12.7. The van der Waals surface area contributed by atoms with Crippen molar-refractivity contribution in [1.29, 1.82) is 0 Å². The number of hydrogen-bond acceptors (Lipinski definition) is 4. The van der Waals surface area contributed by atoms with E-state index in [9.17, 15) is 4.79 Å². The Balaban J connectivity index is 1.63. The van der Waals surface area contributed by atoms with E-state index in [0.717, 1.165) is 37.7 Å². The van der Waals surface area contributed by atoms with Crippen LogP contribution in [0.25, 0.3) is 5.65 Å². The molecule has 4 rings (SSSR count). The molecule has 6 heteroatoms. The van der Waals surface area contributed by atoms with Crippen LogP contribution in [0.2, 0.25) is 0 Å². The Labute approximate surface area is 146 Å². The molecule has 1 aliphatic heterocycles. The minimum Gasteiger partial charge on any atom is -0.336 e. The second-order valence-corrected chi connectivity index (χ2v) is 6.47. The number of nitrogens with zero attached hydrogens (tertiary/aromatic N) is 4. The maximum Gasteiger partial charge on any atom is 0.255 e. The fourth-order valence-corrected chi connectivity index (χ4v) is 3.12. The number of hydrogen-bond donors (Lipinski definition) is 1. The van der Waals surface area contributed by atoms with Crippen molar-refractivity contribution in [2.45, 2.75) is 13.3 Å². The summed E-state index contributed by atoms with van der Waals surface area (Å²) in [5.41, 5.74) is 3.86. The fourth-order valence-electron chi connectivity index (χ4n) is 3.12. The quantitative estimate of drug-likeness (QED) is 0.791. The van der Waals surface area contributed by atoms with Gasteiger partial charge in [-0.15, -0.1) is 10.2 Å². The largest absolute Gasteiger partial charge is 0.336 e. The van der Waals surface area contributed by atoms with E-state index >= 15 is 0 Å². The Bertz CT molecular complexity index is 894. The molecule has 3 aromatic rings. The first-order valence-electron chi connectivity index (χ1n) is 8.60. The number of carbonyl (C=O) groups excluding carboxylic acids is 1. The fraction of sp³-hybridized carbons (Fsp3) is 0.316. The molecule has 3 heterocycles. The van der Waals surface area contributed by atoms with Crippen molar-refractivity contribution in [3.8, 4) is 0 Å². The van der Waals surface area contributed by atoms with Crippen LogP contribution in [0.1, 0.15) is 27.3 Å². The topological polar surface area (TPSA) is 62.5 Å². The molecule has 128 valence electrons. The van der Waals surface area contributed by atoms with Crippen LogP contribution in [0, 0.1) is 6.92 Å². The molecule has 2 aromatic heterocycles. The van der Waals surface area contributed by atoms with Crippen LogP contribution in [0.5, 0.6) is 0 Å². The average molecular weight is 335 g/mol. The number of aromatic nitrogens is 3. The summed E-state index contributed by atoms with van der Waals surface area (Å²) >= 11 is 0. The molecule has 1 N–H and O–H groups in total. The van der Waals surface area contributed by atoms with Crippen molar-refractivity contribution in [2.24, 2.45) is 0 Å². The van der Waals surface area contributed by atoms with Gasteiger partial charge in [-0.3, -0.25) is 9.20 Å². The Kier molecular flexibility index (Phi) is 4.19. The molecule has 0 saturated carbocycles. The summed E-state index contributed by atoms with van der Waals surface area (Å²) in [5, 5.41) is 11.8. The molecule has 1 aliphatic rings. The van der Waals surface area contributed by atoms with Gasteiger partial charge in [0.05, 0.1) is 5.56 Å². The first-order valence-corrected chi connectivity index (χ1v) is 8.60. The monoisotopic (exact) mass is 335 g/mol. The summed E-state index contributed by atoms with van der Waals surface area (Å²) in [6.07, 6.45) is 2.55. The lowest BCUT2D eigenvalue weighted by atomic mass is 10.1. The molecule has 1 saturated heterocycles. The minimum atomic E-state index is 0.0679. The van der Waals surface area contributed by atoms with Crippen molar-refractivity contribution >= 4 is 11.6 Å². The van der Waals surface area contributed by atoms with Gasteiger partial charge in [-0.2, -0.15) is 0 Å². The zero-order valence-corrected chi connectivity index (χ0v) is 14.3. The third-order valence-corrected chi connectivity index (χ3v) is 4.61. The zero-order valence-electron chi connectivity index (χ0n) is 14.3. The van der Waals surface area contributed by atoms with E-state index in [1.165, 1.54) is 11.1 Å². The van der Waals surface area contributed by atoms with Gasteiger partial charge in [0.2, 0.25) is 0 Å². The average Bonchev–Trinajstić information content (AvgIpc) is 3.06. The molecular formula is C19H21N5O. The molecule has 1 aromatic carbocycles. The summed E-state index contributed by atoms with van der Waals surface area (Å²) in [6.45, 7) is 5.26. The summed E-state index contributed by atoms with van der Waals surface area (Å²) in [4.78, 5) is 14.6. The second-order valence-electron chi connectivity index (χ2n) is 6.47. The summed E-state index contributed by atoms with van der Waals surface area (Å²) in [5.74, 6) is 0.909. The van der Waals surface area contributed by atoms with Crippen molar-refractivity contribution in [1.82, 2.24) is 24.8 Å². The van der Waals surface area contributed by atoms with Gasteiger partial charge in [-0.25, -0.2) is 0 Å². The van der Waals surface area contributed by atoms with Gasteiger partial charge in [0.15, 0.2) is 5.65 Å². The SMILES string of the molecule is Cc1ccc(Cc2nnc3ccc(C(=O)N4CCNCC4)cn23)cc1. The highest BCUT2D eigenvalue weighted by molar-refractivity contribution is 5.94. The van der Waals surface area contributed by atoms with E-state index in [0.29, 0.717) is 12.0 Å². The standard InChI is InChI=1S/C19H21N5O/c1-14-2-4-15(5-3-14)12-18-22-21-17-7-6-16(13-24(17)18)19(25)23-10-8-20-9-11-23/h2-7,13,20H,8-12H2,1H3. The van der Waals surface area contributed by atoms with E-state index in [1.54, 1.807) is 0 Å². The van der Waals surface area contributed by atoms with Gasteiger partial charge in [0.1, 0.15) is 5.82 Å². The molecule has 1 amide bonds. The molecule has 6 nitrogen and oxygen atoms in total. The van der Waals surface area contributed by atoms with Crippen LogP contribution < -0.4 is 5.32 Å². The highest BCUT2D eigenvalue weighted by Gasteiger charge is 2.19. The van der Waals surface area contributed by atoms with Crippen molar-refractivity contribution in [2.75, 3.05) is 26.2 Å². The number of amides is 1. The Morgan fingerprint density at radius 1 is 1.08 bits per heavy atom. The van der Waals surface area contributed by atoms with Crippen LogP contribution in [0.4, 0.5) is 0 Å². The summed E-state index contributed by atoms with van der Waals surface area (Å²) in [6, 6.07) is 12.1. The number of pyridine rings is 1. The lowest BCUT2D eigenvalue weighted by Gasteiger charge is -2.27. The molecular weight excluding hydrogens is 314 g/mol. The molecule has 0 aliphatic carbocycles. The zero-order chi connectivity index (χ0) is 17.2. The lowest BCUT2D eigenvalue weighted by molar-refractivity contribution is 0.0735. The van der Waals surface area contributed by atoms with Gasteiger partial charge in [0.25, 0.3) is 5.91 Å². The van der Waals surface area contributed by atoms with E-state index in [2.05, 4.69) is 46.7 Å². The van der Waals surface area contributed by atoms with E-state index in [-0.39, 0.29) is 5.91 Å². The number of fused-ring (bicyclic) bond motifs is 1. The first-order chi connectivity index (χ1) is 12.2. The van der Waals surface area contributed by atoms with E-state index in [1.807, 2.05) is 27.6 Å². The predicted octanol–water partition coefficient (Wildman–Crippen LogP) is 1.67. The Morgan fingerprint density at radius 3 is 2.60 bits per heavy atom. The van der Waals surface area contributed by atoms with Crippen LogP contribution in [-0.4, -0.2) is 51.6 Å². The summed E-state index contributed by atoms with van der Waals surface area (Å²) in [7, 11) is 0. The number of rotatable bonds is 3. The molecule has 0 spiro atoms. The minimum absolute atomic E-state index is 0.0679. The normalized spacial score (nSPS) is 14.8. The molecule has 1 fully saturated rings. The highest BCUT2D eigenvalue weighted by atomic mass is 16.2. The van der Waals surface area contributed by atoms with Gasteiger partial charge < -0.3 is 10.2 Å². The third kappa shape index (κ3) is 3.25. The predicted molar refractivity (Wildman–Crippen MR) is 95.7 cm³/mol. The molecule has 0 radical (unpaired) electrons. The van der Waals surface area contributed by atoms with Crippen LogP contribution in [0.15, 0.2) is 42.6 Å². The molecule has 0 atom stereocenters. The number of piperazine rings is 1. The van der Waals surface area contributed by atoms with Gasteiger partial charge in [-0.05, 0) is 24.6 Å². The number of nitrogens with one attached hydrogen (secondary N) is 1. The van der Waals surface area contributed by atoms with Gasteiger partial charge >= 0.3 is 0 Å². The van der Waals surface area contributed by atoms with E-state index in [4.69, 9.17) is 0 Å². The van der Waals surface area contributed by atoms with Crippen LogP contribution in [0.3, 0.4) is 0 Å². The van der Waals surface area contributed by atoms with Crippen LogP contribution in [-0.2, 0) is 6.42 Å². The van der Waals surface area contributed by atoms with E-state index < -0.39 is 0 Å². The van der Waals surface area contributed by atoms with Crippen molar-refractivity contribution < 1.29 is 4.79 Å². The smallest absolute Gasteiger partial charge is 0.255 e. The van der Waals surface area contributed by atoms with Crippen molar-refractivity contribution in [3.05, 3.63) is 65.1 Å². The Morgan fingerprint density at radius 2 is 1.84 bits per heavy atom. The number of carbonyl (C=O) groups is 1. The number of aryl methyl sites for hydroxylation is 1. The van der Waals surface area contributed by atoms with Crippen LogP contribution >= 0.6 is 0 Å².